The van der Waals surface area contributed by atoms with Gasteiger partial charge in [-0.05, 0) is 60.2 Å². The van der Waals surface area contributed by atoms with Crippen LogP contribution in [0.1, 0.15) is 68.9 Å². The van der Waals surface area contributed by atoms with Gasteiger partial charge >= 0.3 is 0 Å². The van der Waals surface area contributed by atoms with E-state index < -0.39 is 11.8 Å². The second-order valence-electron chi connectivity index (χ2n) is 7.85. The first-order valence-corrected chi connectivity index (χ1v) is 10.3. The summed E-state index contributed by atoms with van der Waals surface area (Å²) in [6.07, 6.45) is 0.856. The molecule has 3 aromatic rings. The molecule has 6 heteroatoms. The number of amides is 2. The van der Waals surface area contributed by atoms with Crippen LogP contribution in [0.5, 0.6) is 0 Å². The second-order valence-corrected chi connectivity index (χ2v) is 7.85. The van der Waals surface area contributed by atoms with Crippen molar-refractivity contribution in [3.05, 3.63) is 81.3 Å². The van der Waals surface area contributed by atoms with Crippen molar-refractivity contribution in [1.82, 2.24) is 0 Å². The van der Waals surface area contributed by atoms with Crippen molar-refractivity contribution >= 4 is 34.1 Å². The lowest BCUT2D eigenvalue weighted by Crippen LogP contribution is -2.40. The molecule has 1 atom stereocenters. The lowest BCUT2D eigenvalue weighted by atomic mass is 9.84. The Hall–Kier alpha value is -3.67. The number of benzene rings is 3. The number of anilines is 1. The third kappa shape index (κ3) is 3.24. The van der Waals surface area contributed by atoms with E-state index in [1.54, 1.807) is 36.4 Å². The molecule has 1 heterocycles. The Balaban J connectivity index is 1.98. The highest BCUT2D eigenvalue weighted by Gasteiger charge is 2.35. The molecule has 0 bridgehead atoms. The summed E-state index contributed by atoms with van der Waals surface area (Å²) in [5, 5.41) is 4.02. The molecule has 6 nitrogen and oxygen atoms in total. The van der Waals surface area contributed by atoms with Gasteiger partial charge in [-0.25, -0.2) is 4.90 Å². The van der Waals surface area contributed by atoms with Crippen LogP contribution in [0.4, 0.5) is 5.69 Å². The Labute approximate surface area is 179 Å². The number of nitrogens with zero attached hydrogens (tertiary/aromatic N) is 2. The predicted octanol–water partition coefficient (Wildman–Crippen LogP) is 5.28. The van der Waals surface area contributed by atoms with Crippen LogP contribution in [-0.2, 0) is 6.42 Å². The minimum atomic E-state index is -0.430. The first kappa shape index (κ1) is 20.6. The van der Waals surface area contributed by atoms with Gasteiger partial charge in [0.1, 0.15) is 0 Å². The van der Waals surface area contributed by atoms with Crippen LogP contribution in [0.25, 0.3) is 10.8 Å². The number of ketones is 1. The van der Waals surface area contributed by atoms with Gasteiger partial charge in [-0.1, -0.05) is 37.2 Å². The first-order chi connectivity index (χ1) is 14.9. The average Bonchev–Trinajstić information content (AvgIpc) is 2.77. The Morgan fingerprint density at radius 2 is 1.55 bits per heavy atom. The number of hydrogen-bond acceptors (Lipinski definition) is 5. The van der Waals surface area contributed by atoms with Gasteiger partial charge in [0.05, 0.1) is 12.2 Å². The quantitative estimate of drug-likeness (QED) is 0.312. The van der Waals surface area contributed by atoms with Gasteiger partial charge in [-0.3, -0.25) is 14.4 Å². The summed E-state index contributed by atoms with van der Waals surface area (Å²) in [7, 11) is 0. The number of hydrogen-bond donors (Lipinski definition) is 0. The van der Waals surface area contributed by atoms with Crippen molar-refractivity contribution in [1.29, 1.82) is 0 Å². The molecule has 156 valence electrons. The lowest BCUT2D eigenvalue weighted by Gasteiger charge is -2.29. The third-order valence-corrected chi connectivity index (χ3v) is 5.92. The monoisotopic (exact) mass is 414 g/mol. The van der Waals surface area contributed by atoms with Gasteiger partial charge in [-0.15, -0.1) is 0 Å². The van der Waals surface area contributed by atoms with Crippen LogP contribution < -0.4 is 4.90 Å². The molecule has 4 rings (SSSR count). The summed E-state index contributed by atoms with van der Waals surface area (Å²) in [4.78, 5) is 51.2. The van der Waals surface area contributed by atoms with Crippen LogP contribution >= 0.6 is 0 Å². The zero-order valence-electron chi connectivity index (χ0n) is 17.6. The zero-order chi connectivity index (χ0) is 22.3. The van der Waals surface area contributed by atoms with Crippen molar-refractivity contribution in [3.8, 4) is 0 Å². The molecule has 1 aliphatic rings. The maximum atomic E-state index is 13.4. The largest absolute Gasteiger partial charge is 0.294 e. The van der Waals surface area contributed by atoms with Crippen molar-refractivity contribution < 1.29 is 14.4 Å². The van der Waals surface area contributed by atoms with E-state index in [0.717, 1.165) is 17.5 Å². The fourth-order valence-corrected chi connectivity index (χ4v) is 4.24. The fourth-order valence-electron chi connectivity index (χ4n) is 4.24. The van der Waals surface area contributed by atoms with Crippen LogP contribution in [0.2, 0.25) is 0 Å². The molecular formula is C25H22N2O4. The summed E-state index contributed by atoms with van der Waals surface area (Å²) in [5.41, 5.74) is 3.49. The average molecular weight is 414 g/mol. The molecule has 1 unspecified atom stereocenters. The molecule has 2 amide bonds. The zero-order valence-corrected chi connectivity index (χ0v) is 17.6. The second kappa shape index (κ2) is 7.87. The van der Waals surface area contributed by atoms with Gasteiger partial charge in [0.15, 0.2) is 5.78 Å². The minimum absolute atomic E-state index is 0.0355. The number of carbonyl (C=O) groups excluding carboxylic acids is 3. The van der Waals surface area contributed by atoms with Crippen LogP contribution in [0.3, 0.4) is 0 Å². The Bertz CT molecular complexity index is 1220. The smallest absolute Gasteiger partial charge is 0.265 e. The molecule has 0 spiro atoms. The topological polar surface area (TPSA) is 83.9 Å². The van der Waals surface area contributed by atoms with Gasteiger partial charge in [0.25, 0.3) is 11.8 Å². The molecule has 31 heavy (non-hydrogen) atoms. The maximum Gasteiger partial charge on any atom is 0.265 e. The summed E-state index contributed by atoms with van der Waals surface area (Å²) in [6.45, 7) is 5.36. The first-order valence-electron chi connectivity index (χ1n) is 10.3. The number of nitroso groups, excluding NO2 is 1. The predicted molar refractivity (Wildman–Crippen MR) is 120 cm³/mol. The van der Waals surface area contributed by atoms with E-state index in [-0.39, 0.29) is 18.2 Å². The van der Waals surface area contributed by atoms with Crippen molar-refractivity contribution in [3.63, 3.8) is 0 Å². The van der Waals surface area contributed by atoms with Gasteiger partial charge in [0, 0.05) is 28.0 Å². The van der Waals surface area contributed by atoms with E-state index in [1.165, 1.54) is 11.8 Å². The molecule has 0 fully saturated rings. The molecule has 0 radical (unpaired) electrons. The van der Waals surface area contributed by atoms with Gasteiger partial charge in [0.2, 0.25) is 0 Å². The van der Waals surface area contributed by atoms with Crippen LogP contribution in [0, 0.1) is 4.91 Å². The molecule has 0 N–H and O–H groups in total. The normalized spacial score (nSPS) is 14.1. The minimum Gasteiger partial charge on any atom is -0.294 e. The number of Topliss-reactive ketones (excluding diaryl/α,β-unsaturated/α-hetero) is 1. The SMILES string of the molecule is CCc1ccc(N2C(=O)c3ccc(C(C)=O)c4c(C(C)CN=O)ccc(c34)C2=O)cc1. The van der Waals surface area contributed by atoms with E-state index in [1.807, 2.05) is 26.0 Å². The van der Waals surface area contributed by atoms with Crippen molar-refractivity contribution in [2.24, 2.45) is 5.18 Å². The van der Waals surface area contributed by atoms with Crippen molar-refractivity contribution in [2.75, 3.05) is 11.4 Å². The molecule has 0 aromatic heterocycles. The summed E-state index contributed by atoms with van der Waals surface area (Å²) >= 11 is 0. The van der Waals surface area contributed by atoms with E-state index in [0.29, 0.717) is 33.2 Å². The number of aryl methyl sites for hydroxylation is 1. The highest BCUT2D eigenvalue weighted by Crippen LogP contribution is 2.38. The Morgan fingerprint density at radius 1 is 0.935 bits per heavy atom. The highest BCUT2D eigenvalue weighted by molar-refractivity contribution is 6.37. The van der Waals surface area contributed by atoms with Crippen LogP contribution in [-0.4, -0.2) is 24.1 Å². The molecule has 0 aliphatic carbocycles. The number of imide groups is 1. The van der Waals surface area contributed by atoms with Gasteiger partial charge < -0.3 is 0 Å². The van der Waals surface area contributed by atoms with E-state index in [9.17, 15) is 19.3 Å². The molecular weight excluding hydrogens is 392 g/mol. The van der Waals surface area contributed by atoms with Gasteiger partial charge in [-0.2, -0.15) is 4.91 Å². The molecule has 0 saturated heterocycles. The van der Waals surface area contributed by atoms with E-state index in [2.05, 4.69) is 5.18 Å². The number of rotatable bonds is 6. The van der Waals surface area contributed by atoms with Crippen molar-refractivity contribution in [2.45, 2.75) is 33.1 Å². The summed E-state index contributed by atoms with van der Waals surface area (Å²) < 4.78 is 0. The summed E-state index contributed by atoms with van der Waals surface area (Å²) in [5.74, 6) is -1.29. The number of carbonyl (C=O) groups is 3. The lowest BCUT2D eigenvalue weighted by molar-refractivity contribution is 0.0892. The maximum absolute atomic E-state index is 13.4. The Kier molecular flexibility index (Phi) is 5.23. The molecule has 3 aromatic carbocycles. The molecule has 1 aliphatic heterocycles. The van der Waals surface area contributed by atoms with Crippen LogP contribution in [0.15, 0.2) is 53.7 Å². The fraction of sp³-hybridized carbons (Fsp3) is 0.240. The Morgan fingerprint density at radius 3 is 2.10 bits per heavy atom. The summed E-state index contributed by atoms with van der Waals surface area (Å²) in [6, 6.07) is 14.0. The van der Waals surface area contributed by atoms with E-state index >= 15 is 0 Å². The standard InChI is InChI=1S/C25H22N2O4/c1-4-16-5-7-17(8-6-16)27-24(29)20-11-9-18(14(2)13-26-31)22-19(15(3)28)10-12-21(23(20)22)25(27)30/h5-12,14H,4,13H2,1-3H3. The molecule has 0 saturated carbocycles. The third-order valence-electron chi connectivity index (χ3n) is 5.92. The van der Waals surface area contributed by atoms with E-state index in [4.69, 9.17) is 0 Å². The highest BCUT2D eigenvalue weighted by atomic mass is 16.3.